The Balaban J connectivity index is 1.93. The fourth-order valence-electron chi connectivity index (χ4n) is 6.13. The average Bonchev–Trinajstić information content (AvgIpc) is 3.24. The van der Waals surface area contributed by atoms with Crippen LogP contribution in [-0.4, -0.2) is 72.7 Å². The van der Waals surface area contributed by atoms with E-state index >= 15 is 4.39 Å². The largest absolute Gasteiger partial charge is 0.392 e. The molecule has 0 radical (unpaired) electrons. The third-order valence-electron chi connectivity index (χ3n) is 7.97. The molecule has 1 amide bonds. The number of ether oxygens (including phenoxy) is 2. The Kier molecular flexibility index (Phi) is 8.89. The molecule has 9 heteroatoms. The number of aliphatic hydroxyl groups excluding tert-OH is 1. The molecule has 1 saturated carbocycles. The summed E-state index contributed by atoms with van der Waals surface area (Å²) in [4.78, 5) is 13.5. The van der Waals surface area contributed by atoms with Crippen LogP contribution < -0.4 is 5.73 Å². The fourth-order valence-corrected chi connectivity index (χ4v) is 6.32. The number of morpholine rings is 1. The molecule has 7 nitrogen and oxygen atoms in total. The van der Waals surface area contributed by atoms with Gasteiger partial charge in [0.25, 0.3) is 0 Å². The van der Waals surface area contributed by atoms with Crippen LogP contribution in [0.2, 0.25) is 5.02 Å². The number of carbonyl (C=O) groups is 1. The van der Waals surface area contributed by atoms with Crippen molar-refractivity contribution in [1.82, 2.24) is 4.90 Å². The smallest absolute Gasteiger partial charge is 0.209 e. The Hall–Kier alpha value is -2.07. The van der Waals surface area contributed by atoms with Gasteiger partial charge in [-0.2, -0.15) is 0 Å². The van der Waals surface area contributed by atoms with E-state index in [1.54, 1.807) is 48.4 Å². The summed E-state index contributed by atoms with van der Waals surface area (Å²) in [6, 6.07) is 11.0. The van der Waals surface area contributed by atoms with E-state index in [0.29, 0.717) is 55.0 Å². The summed E-state index contributed by atoms with van der Waals surface area (Å²) in [5.74, 6) is -0.875. The van der Waals surface area contributed by atoms with Gasteiger partial charge in [0.1, 0.15) is 17.0 Å². The van der Waals surface area contributed by atoms with Gasteiger partial charge in [-0.25, -0.2) is 4.39 Å². The number of carbonyl (C=O) groups excluding carboxylic acids is 1. The first-order valence-corrected chi connectivity index (χ1v) is 13.2. The van der Waals surface area contributed by atoms with Crippen molar-refractivity contribution in [3.63, 3.8) is 0 Å². The Morgan fingerprint density at radius 1 is 1.30 bits per heavy atom. The number of nitrogens with two attached hydrogens (primary N) is 1. The molecule has 0 unspecified atom stereocenters. The molecule has 0 aromatic heterocycles. The predicted octanol–water partition coefficient (Wildman–Crippen LogP) is 3.48. The maximum Gasteiger partial charge on any atom is 0.209 e. The molecule has 0 spiro atoms. The number of hydrogen-bond acceptors (Lipinski definition) is 6. The molecule has 4 N–H and O–H groups in total. The van der Waals surface area contributed by atoms with Crippen LogP contribution in [-0.2, 0) is 19.9 Å². The number of methoxy groups -OCH3 is 1. The molecule has 0 bridgehead atoms. The summed E-state index contributed by atoms with van der Waals surface area (Å²) >= 11 is 6.27. The molecular formula is C28H36ClFN2O5. The van der Waals surface area contributed by atoms with Crippen LogP contribution in [0.3, 0.4) is 0 Å². The zero-order chi connectivity index (χ0) is 26.6. The summed E-state index contributed by atoms with van der Waals surface area (Å²) in [5.41, 5.74) is 4.29. The molecule has 2 aromatic carbocycles. The van der Waals surface area contributed by atoms with Gasteiger partial charge < -0.3 is 30.3 Å². The van der Waals surface area contributed by atoms with E-state index in [9.17, 15) is 15.0 Å². The predicted molar refractivity (Wildman–Crippen MR) is 139 cm³/mol. The molecule has 1 heterocycles. The minimum atomic E-state index is -1.73. The van der Waals surface area contributed by atoms with E-state index in [-0.39, 0.29) is 31.1 Å². The quantitative estimate of drug-likeness (QED) is 0.318. The first-order chi connectivity index (χ1) is 17.8. The molecule has 1 saturated heterocycles. The van der Waals surface area contributed by atoms with Crippen LogP contribution in [0.4, 0.5) is 4.39 Å². The summed E-state index contributed by atoms with van der Waals surface area (Å²) in [6.07, 6.45) is 2.13. The van der Waals surface area contributed by atoms with Crippen molar-refractivity contribution in [1.29, 1.82) is 0 Å². The maximum atomic E-state index is 15.6. The van der Waals surface area contributed by atoms with E-state index < -0.39 is 29.2 Å². The average molecular weight is 535 g/mol. The second-order valence-corrected chi connectivity index (χ2v) is 10.6. The lowest BCUT2D eigenvalue weighted by molar-refractivity contribution is -0.246. The lowest BCUT2D eigenvalue weighted by atomic mass is 9.65. The lowest BCUT2D eigenvalue weighted by Crippen LogP contribution is -2.66. The fraction of sp³-hybridized carbons (Fsp3) is 0.536. The molecule has 2 aliphatic rings. The third-order valence-corrected chi connectivity index (χ3v) is 8.21. The molecule has 1 aliphatic heterocycles. The number of aliphatic hydroxyl groups is 2. The van der Waals surface area contributed by atoms with Gasteiger partial charge in [-0.05, 0) is 67.3 Å². The van der Waals surface area contributed by atoms with Crippen LogP contribution >= 0.6 is 11.6 Å². The number of unbranched alkanes of at least 4 members (excludes halogenated alkanes) is 1. The maximum absolute atomic E-state index is 15.6. The van der Waals surface area contributed by atoms with Crippen molar-refractivity contribution in [3.05, 3.63) is 58.9 Å². The molecule has 37 heavy (non-hydrogen) atoms. The van der Waals surface area contributed by atoms with E-state index in [0.717, 1.165) is 6.41 Å². The molecule has 2 aromatic rings. The lowest BCUT2D eigenvalue weighted by Gasteiger charge is -2.55. The van der Waals surface area contributed by atoms with Gasteiger partial charge in [0, 0.05) is 36.9 Å². The van der Waals surface area contributed by atoms with Crippen LogP contribution in [0, 0.1) is 11.7 Å². The highest BCUT2D eigenvalue weighted by Crippen LogP contribution is 2.53. The number of benzene rings is 2. The number of amides is 1. The zero-order valence-corrected chi connectivity index (χ0v) is 21.9. The van der Waals surface area contributed by atoms with Gasteiger partial charge >= 0.3 is 0 Å². The summed E-state index contributed by atoms with van der Waals surface area (Å²) in [6.45, 7) is 1.16. The second-order valence-electron chi connectivity index (χ2n) is 10.2. The monoisotopic (exact) mass is 534 g/mol. The molecule has 4 rings (SSSR count). The van der Waals surface area contributed by atoms with Gasteiger partial charge in [0.05, 0.1) is 19.3 Å². The first kappa shape index (κ1) is 28.0. The number of nitrogens with zero attached hydrogens (tertiary/aromatic N) is 1. The molecule has 1 aliphatic carbocycles. The van der Waals surface area contributed by atoms with Crippen LogP contribution in [0.5, 0.6) is 0 Å². The van der Waals surface area contributed by atoms with E-state index in [1.165, 1.54) is 6.07 Å². The van der Waals surface area contributed by atoms with Gasteiger partial charge in [-0.15, -0.1) is 0 Å². The normalized spacial score (nSPS) is 27.7. The molecular weight excluding hydrogens is 499 g/mol. The minimum absolute atomic E-state index is 0.0902. The number of halogens is 2. The van der Waals surface area contributed by atoms with Gasteiger partial charge in [0.15, 0.2) is 0 Å². The SMILES string of the molecule is COCCCC[C@@](O)(c1cccc(F)c1-c1cccc(Cl)c1)[C@@]1([C@H]2C[C@@H](N)[C@@H](O)C2)CN(C=O)CCO1. The van der Waals surface area contributed by atoms with Crippen LogP contribution in [0.25, 0.3) is 11.1 Å². The van der Waals surface area contributed by atoms with Gasteiger partial charge in [0.2, 0.25) is 6.41 Å². The van der Waals surface area contributed by atoms with E-state index in [1.807, 2.05) is 0 Å². The number of hydrogen-bond donors (Lipinski definition) is 3. The standard InChI is InChI=1S/C28H36ClFN2O5/c1-36-12-3-2-10-27(35,22-8-5-9-23(30)26(22)19-6-4-7-21(29)14-19)28(17-32(18-33)11-13-37-28)20-15-24(31)25(34)16-20/h4-9,14,18,20,24-25,34-35H,2-3,10-13,15-17,31H2,1H3/t20-,24+,25-,27+,28-/m0/s1. The third kappa shape index (κ3) is 5.41. The van der Waals surface area contributed by atoms with E-state index in [2.05, 4.69) is 0 Å². The first-order valence-electron chi connectivity index (χ1n) is 12.8. The molecule has 5 atom stereocenters. The zero-order valence-electron chi connectivity index (χ0n) is 21.1. The van der Waals surface area contributed by atoms with E-state index in [4.69, 9.17) is 26.8 Å². The van der Waals surface area contributed by atoms with Crippen LogP contribution in [0.1, 0.15) is 37.7 Å². The highest BCUT2D eigenvalue weighted by atomic mass is 35.5. The van der Waals surface area contributed by atoms with Gasteiger partial charge in [-0.1, -0.05) is 35.9 Å². The topological polar surface area (TPSA) is 105 Å². The van der Waals surface area contributed by atoms with Gasteiger partial charge in [-0.3, -0.25) is 4.79 Å². The Morgan fingerprint density at radius 3 is 2.76 bits per heavy atom. The highest BCUT2D eigenvalue weighted by Gasteiger charge is 2.61. The Morgan fingerprint density at radius 2 is 2.08 bits per heavy atom. The minimum Gasteiger partial charge on any atom is -0.392 e. The van der Waals surface area contributed by atoms with Crippen molar-refractivity contribution in [2.45, 2.75) is 55.5 Å². The number of rotatable bonds is 10. The van der Waals surface area contributed by atoms with Crippen molar-refractivity contribution in [2.24, 2.45) is 11.7 Å². The molecule has 2 fully saturated rings. The van der Waals surface area contributed by atoms with Crippen molar-refractivity contribution < 1.29 is 28.9 Å². The highest BCUT2D eigenvalue weighted by molar-refractivity contribution is 6.30. The van der Waals surface area contributed by atoms with Crippen molar-refractivity contribution in [3.8, 4) is 11.1 Å². The summed E-state index contributed by atoms with van der Waals surface area (Å²) in [7, 11) is 1.62. The summed E-state index contributed by atoms with van der Waals surface area (Å²) in [5, 5.41) is 23.9. The van der Waals surface area contributed by atoms with Crippen LogP contribution in [0.15, 0.2) is 42.5 Å². The second kappa shape index (κ2) is 11.8. The van der Waals surface area contributed by atoms with Crippen molar-refractivity contribution in [2.75, 3.05) is 33.4 Å². The molecule has 202 valence electrons. The summed E-state index contributed by atoms with van der Waals surface area (Å²) < 4.78 is 27.4. The van der Waals surface area contributed by atoms with Crippen molar-refractivity contribution >= 4 is 18.0 Å². The Bertz CT molecular complexity index is 1080. The Labute approximate surface area is 222 Å².